The molecule has 0 atom stereocenters. The zero-order chi connectivity index (χ0) is 31.1. The zero-order valence-electron chi connectivity index (χ0n) is 25.9. The summed E-state index contributed by atoms with van der Waals surface area (Å²) in [6.07, 6.45) is 4.82. The van der Waals surface area contributed by atoms with Crippen LogP contribution in [0.2, 0.25) is 0 Å². The Labute approximate surface area is 256 Å². The molecule has 6 rings (SSSR count). The second-order valence-electron chi connectivity index (χ2n) is 11.0. The first-order valence-corrected chi connectivity index (χ1v) is 14.5. The monoisotopic (exact) mass is 584 g/mol. The van der Waals surface area contributed by atoms with E-state index in [4.69, 9.17) is 25.4 Å². The Morgan fingerprint density at radius 1 is 0.841 bits per heavy atom. The third kappa shape index (κ3) is 5.28. The quantitative estimate of drug-likeness (QED) is 0.181. The van der Waals surface area contributed by atoms with Gasteiger partial charge in [0.15, 0.2) is 0 Å². The first-order valence-electron chi connectivity index (χ1n) is 14.5. The van der Waals surface area contributed by atoms with E-state index in [1.54, 1.807) is 13.2 Å². The van der Waals surface area contributed by atoms with E-state index in [-0.39, 0.29) is 0 Å². The number of rotatable bonds is 8. The van der Waals surface area contributed by atoms with Crippen molar-refractivity contribution in [2.24, 2.45) is 0 Å². The summed E-state index contributed by atoms with van der Waals surface area (Å²) >= 11 is 0. The summed E-state index contributed by atoms with van der Waals surface area (Å²) in [5.41, 5.74) is 16.8. The summed E-state index contributed by atoms with van der Waals surface area (Å²) in [7, 11) is 1.64. The normalized spacial score (nSPS) is 11.8. The first kappa shape index (κ1) is 28.7. The highest BCUT2D eigenvalue weighted by molar-refractivity contribution is 5.84. The number of nitrogens with zero attached hydrogens (tertiary/aromatic N) is 6. The summed E-state index contributed by atoms with van der Waals surface area (Å²) in [5, 5.41) is 3.24. The van der Waals surface area contributed by atoms with Gasteiger partial charge in [0.1, 0.15) is 29.0 Å². The Kier molecular flexibility index (Phi) is 7.38. The molecule has 3 aromatic carbocycles. The summed E-state index contributed by atoms with van der Waals surface area (Å²) in [5.74, 6) is 3.90. The van der Waals surface area contributed by atoms with Gasteiger partial charge in [-0.2, -0.15) is 9.97 Å². The largest absolute Gasteiger partial charge is 0.497 e. The number of nitrogens with two attached hydrogens (primary N) is 1. The Bertz CT molecular complexity index is 2080. The number of aromatic nitrogens is 6. The fourth-order valence-corrected chi connectivity index (χ4v) is 5.59. The lowest BCUT2D eigenvalue weighted by Gasteiger charge is -2.12. The van der Waals surface area contributed by atoms with Gasteiger partial charge < -0.3 is 15.8 Å². The van der Waals surface area contributed by atoms with Gasteiger partial charge in [-0.05, 0) is 118 Å². The van der Waals surface area contributed by atoms with E-state index < -0.39 is 0 Å². The van der Waals surface area contributed by atoms with Crippen molar-refractivity contribution in [3.8, 4) is 11.6 Å². The number of allylic oxidation sites excluding steroid dienone is 3. The molecule has 0 spiro atoms. The van der Waals surface area contributed by atoms with Crippen LogP contribution in [0.5, 0.6) is 5.75 Å². The molecule has 0 fully saturated rings. The number of ether oxygens (including phenoxy) is 1. The lowest BCUT2D eigenvalue weighted by atomic mass is 10.0. The highest BCUT2D eigenvalue weighted by atomic mass is 16.5. The van der Waals surface area contributed by atoms with Crippen molar-refractivity contribution in [2.45, 2.75) is 41.0 Å². The van der Waals surface area contributed by atoms with Gasteiger partial charge >= 0.3 is 0 Å². The van der Waals surface area contributed by atoms with Crippen LogP contribution in [0.15, 0.2) is 73.3 Å². The van der Waals surface area contributed by atoms with Crippen molar-refractivity contribution < 1.29 is 4.74 Å². The van der Waals surface area contributed by atoms with Crippen molar-refractivity contribution >= 4 is 45.2 Å². The van der Waals surface area contributed by atoms with Gasteiger partial charge in [0.25, 0.3) is 0 Å². The zero-order valence-corrected chi connectivity index (χ0v) is 25.9. The van der Waals surface area contributed by atoms with E-state index >= 15 is 0 Å². The van der Waals surface area contributed by atoms with Crippen molar-refractivity contribution in [3.63, 3.8) is 0 Å². The van der Waals surface area contributed by atoms with Gasteiger partial charge in [0, 0.05) is 17.5 Å². The van der Waals surface area contributed by atoms with Crippen LogP contribution in [0, 0.1) is 34.6 Å². The molecule has 44 heavy (non-hydrogen) atoms. The second-order valence-corrected chi connectivity index (χ2v) is 11.0. The van der Waals surface area contributed by atoms with Gasteiger partial charge in [0.05, 0.1) is 29.2 Å². The average molecular weight is 585 g/mol. The van der Waals surface area contributed by atoms with E-state index in [0.717, 1.165) is 62.8 Å². The highest BCUT2D eigenvalue weighted by Gasteiger charge is 2.16. The van der Waals surface area contributed by atoms with Crippen LogP contribution in [0.3, 0.4) is 0 Å². The summed E-state index contributed by atoms with van der Waals surface area (Å²) in [6.45, 7) is 14.5. The third-order valence-corrected chi connectivity index (χ3v) is 8.02. The molecule has 0 aliphatic rings. The fourth-order valence-electron chi connectivity index (χ4n) is 5.59. The SMILES string of the molecule is C=CC(=CCc1cc2nc(C)n(-c3cc(N)nc(Nc4ccc(OC)cc4)n3)c2cc1C)n1c(C)nc2cc(C)c(C)cc21. The number of aryl methyl sites for hydroxylation is 5. The number of hydrogen-bond acceptors (Lipinski definition) is 7. The van der Waals surface area contributed by atoms with E-state index in [9.17, 15) is 0 Å². The molecule has 9 heteroatoms. The summed E-state index contributed by atoms with van der Waals surface area (Å²) in [6, 6.07) is 18.0. The Balaban J connectivity index is 1.34. The molecule has 0 unspecified atom stereocenters. The lowest BCUT2D eigenvalue weighted by Crippen LogP contribution is -2.07. The van der Waals surface area contributed by atoms with E-state index in [1.807, 2.05) is 48.8 Å². The van der Waals surface area contributed by atoms with Crippen molar-refractivity contribution in [1.82, 2.24) is 29.1 Å². The summed E-state index contributed by atoms with van der Waals surface area (Å²) < 4.78 is 9.45. The maximum absolute atomic E-state index is 6.23. The van der Waals surface area contributed by atoms with E-state index in [0.29, 0.717) is 17.6 Å². The Morgan fingerprint density at radius 3 is 2.25 bits per heavy atom. The molecule has 9 nitrogen and oxygen atoms in total. The van der Waals surface area contributed by atoms with Gasteiger partial charge in [-0.25, -0.2) is 9.97 Å². The highest BCUT2D eigenvalue weighted by Crippen LogP contribution is 2.28. The number of fused-ring (bicyclic) bond motifs is 2. The lowest BCUT2D eigenvalue weighted by molar-refractivity contribution is 0.415. The third-order valence-electron chi connectivity index (χ3n) is 8.02. The predicted octanol–water partition coefficient (Wildman–Crippen LogP) is 7.31. The second kappa shape index (κ2) is 11.3. The van der Waals surface area contributed by atoms with E-state index in [2.05, 4.69) is 72.6 Å². The number of anilines is 3. The van der Waals surface area contributed by atoms with Crippen LogP contribution in [0.25, 0.3) is 33.6 Å². The molecule has 0 radical (unpaired) electrons. The molecule has 0 bridgehead atoms. The molecule has 0 saturated heterocycles. The number of nitrogen functional groups attached to an aromatic ring is 1. The van der Waals surface area contributed by atoms with Crippen LogP contribution in [0.4, 0.5) is 17.5 Å². The Morgan fingerprint density at radius 2 is 1.52 bits per heavy atom. The van der Waals surface area contributed by atoms with Crippen molar-refractivity contribution in [2.75, 3.05) is 18.2 Å². The minimum Gasteiger partial charge on any atom is -0.497 e. The van der Waals surface area contributed by atoms with Crippen molar-refractivity contribution in [1.29, 1.82) is 0 Å². The number of benzene rings is 3. The molecular weight excluding hydrogens is 548 g/mol. The minimum absolute atomic E-state index is 0.357. The van der Waals surface area contributed by atoms with E-state index in [1.165, 1.54) is 16.7 Å². The van der Waals surface area contributed by atoms with Crippen molar-refractivity contribution in [3.05, 3.63) is 107 Å². The van der Waals surface area contributed by atoms with Gasteiger partial charge in [-0.15, -0.1) is 0 Å². The van der Waals surface area contributed by atoms with Gasteiger partial charge in [0.2, 0.25) is 5.95 Å². The number of nitrogens with one attached hydrogen (secondary N) is 1. The first-order chi connectivity index (χ1) is 21.1. The Hall–Kier alpha value is -5.44. The summed E-state index contributed by atoms with van der Waals surface area (Å²) in [4.78, 5) is 18.9. The average Bonchev–Trinajstić information content (AvgIpc) is 3.47. The van der Waals surface area contributed by atoms with Crippen LogP contribution in [0.1, 0.15) is 33.9 Å². The molecule has 0 amide bonds. The van der Waals surface area contributed by atoms with Gasteiger partial charge in [-0.3, -0.25) is 9.13 Å². The van der Waals surface area contributed by atoms with Gasteiger partial charge in [-0.1, -0.05) is 12.7 Å². The number of imidazole rings is 2. The molecule has 0 aliphatic carbocycles. The molecule has 3 aromatic heterocycles. The molecule has 0 aliphatic heterocycles. The molecule has 3 N–H and O–H groups in total. The van der Waals surface area contributed by atoms with Crippen LogP contribution in [-0.2, 0) is 6.42 Å². The van der Waals surface area contributed by atoms with Crippen LogP contribution >= 0.6 is 0 Å². The number of hydrogen-bond donors (Lipinski definition) is 2. The molecule has 0 saturated carbocycles. The topological polar surface area (TPSA) is 109 Å². The maximum atomic E-state index is 6.23. The maximum Gasteiger partial charge on any atom is 0.231 e. The molecule has 3 heterocycles. The smallest absolute Gasteiger partial charge is 0.231 e. The number of methoxy groups -OCH3 is 1. The fraction of sp³-hybridized carbons (Fsp3) is 0.200. The molecule has 6 aromatic rings. The predicted molar refractivity (Wildman–Crippen MR) is 179 cm³/mol. The minimum atomic E-state index is 0.357. The van der Waals surface area contributed by atoms with Crippen LogP contribution < -0.4 is 15.8 Å². The molecule has 222 valence electrons. The standard InChI is InChI=1S/C35H36N8O/c1-8-27(42-23(5)37-29-15-20(2)21(3)16-31(29)42)12-9-25-18-30-32(17-22(25)4)43(24(6)38-30)34-19-33(36)40-35(41-34)39-26-10-13-28(44-7)14-11-26/h8,10-19H,1,9H2,2-7H3,(H3,36,39,40,41). The van der Waals surface area contributed by atoms with Crippen LogP contribution in [-0.4, -0.2) is 36.2 Å². The molecular formula is C35H36N8O.